The van der Waals surface area contributed by atoms with E-state index in [2.05, 4.69) is 5.32 Å². The Morgan fingerprint density at radius 2 is 1.94 bits per heavy atom. The van der Waals surface area contributed by atoms with Crippen molar-refractivity contribution in [3.8, 4) is 0 Å². The molecule has 0 spiro atoms. The van der Waals surface area contributed by atoms with Crippen LogP contribution in [0.2, 0.25) is 10.0 Å². The molecule has 0 aliphatic heterocycles. The number of rotatable bonds is 4. The summed E-state index contributed by atoms with van der Waals surface area (Å²) in [5.41, 5.74) is 0.0187. The van der Waals surface area contributed by atoms with Crippen LogP contribution in [0.15, 0.2) is 6.07 Å². The minimum atomic E-state index is -1.04. The molecule has 0 amide bonds. The van der Waals surface area contributed by atoms with E-state index < -0.39 is 22.8 Å². The van der Waals surface area contributed by atoms with Gasteiger partial charge in [0.05, 0.1) is 17.7 Å². The predicted molar refractivity (Wildman–Crippen MR) is 61.6 cm³/mol. The van der Waals surface area contributed by atoms with Crippen molar-refractivity contribution in [2.75, 3.05) is 17.7 Å². The average Bonchev–Trinajstić information content (AvgIpc) is 2.28. The second-order valence-corrected chi connectivity index (χ2v) is 4.10. The van der Waals surface area contributed by atoms with Crippen molar-refractivity contribution in [3.05, 3.63) is 27.7 Å². The summed E-state index contributed by atoms with van der Waals surface area (Å²) in [7, 11) is 0. The van der Waals surface area contributed by atoms with Crippen LogP contribution in [0.5, 0.6) is 0 Å². The second kappa shape index (κ2) is 5.87. The summed E-state index contributed by atoms with van der Waals surface area (Å²) >= 11 is 16.3. The van der Waals surface area contributed by atoms with E-state index in [-0.39, 0.29) is 23.1 Å². The van der Waals surface area contributed by atoms with Gasteiger partial charge < -0.3 is 10.4 Å². The van der Waals surface area contributed by atoms with Gasteiger partial charge in [-0.25, -0.2) is 8.78 Å². The van der Waals surface area contributed by atoms with Gasteiger partial charge >= 0.3 is 0 Å². The predicted octanol–water partition coefficient (Wildman–Crippen LogP) is 3.28. The first-order valence-electron chi connectivity index (χ1n) is 4.28. The van der Waals surface area contributed by atoms with E-state index in [1.807, 2.05) is 0 Å². The number of nitrogens with one attached hydrogen (secondary N) is 1. The van der Waals surface area contributed by atoms with Gasteiger partial charge in [-0.05, 0) is 0 Å². The summed E-state index contributed by atoms with van der Waals surface area (Å²) in [4.78, 5) is 0. The van der Waals surface area contributed by atoms with E-state index in [9.17, 15) is 8.78 Å². The first-order chi connectivity index (χ1) is 7.47. The number of anilines is 1. The lowest BCUT2D eigenvalue weighted by atomic mass is 10.2. The summed E-state index contributed by atoms with van der Waals surface area (Å²) in [6.45, 7) is 0.0315. The Morgan fingerprint density at radius 1 is 1.31 bits per heavy atom. The van der Waals surface area contributed by atoms with E-state index in [1.165, 1.54) is 0 Å². The zero-order valence-electron chi connectivity index (χ0n) is 7.91. The molecule has 16 heavy (non-hydrogen) atoms. The lowest BCUT2D eigenvalue weighted by Gasteiger charge is -2.12. The Balaban J connectivity index is 2.89. The van der Waals surface area contributed by atoms with E-state index in [4.69, 9.17) is 39.9 Å². The zero-order chi connectivity index (χ0) is 12.3. The molecule has 0 aromatic heterocycles. The number of hydrogen-bond donors (Lipinski definition) is 2. The number of aliphatic hydroxyl groups excluding tert-OH is 1. The molecule has 2 N–H and O–H groups in total. The molecular formula is C9H8Cl3F2NO. The molecule has 0 bridgehead atoms. The fourth-order valence-electron chi connectivity index (χ4n) is 0.984. The van der Waals surface area contributed by atoms with Gasteiger partial charge in [0, 0.05) is 12.6 Å². The van der Waals surface area contributed by atoms with Crippen LogP contribution in [0.4, 0.5) is 14.5 Å². The Hall–Kier alpha value is -0.290. The Labute approximate surface area is 106 Å². The minimum absolute atomic E-state index is 0.00315. The van der Waals surface area contributed by atoms with Gasteiger partial charge in [0.2, 0.25) is 0 Å². The van der Waals surface area contributed by atoms with Gasteiger partial charge in [0.15, 0.2) is 5.82 Å². The summed E-state index contributed by atoms with van der Waals surface area (Å²) < 4.78 is 26.3. The molecule has 0 aliphatic carbocycles. The number of halogens is 5. The van der Waals surface area contributed by atoms with Gasteiger partial charge in [-0.15, -0.1) is 11.6 Å². The molecule has 1 aromatic rings. The van der Waals surface area contributed by atoms with Crippen LogP contribution in [0.25, 0.3) is 0 Å². The molecular weight excluding hydrogens is 282 g/mol. The van der Waals surface area contributed by atoms with Crippen LogP contribution >= 0.6 is 34.8 Å². The third-order valence-electron chi connectivity index (χ3n) is 1.81. The average molecular weight is 291 g/mol. The lowest BCUT2D eigenvalue weighted by Crippen LogP contribution is -2.21. The third-order valence-corrected chi connectivity index (χ3v) is 2.88. The topological polar surface area (TPSA) is 32.3 Å². The Bertz CT molecular complexity index is 390. The zero-order valence-corrected chi connectivity index (χ0v) is 10.2. The summed E-state index contributed by atoms with van der Waals surface area (Å²) in [6, 6.07) is 0.953. The minimum Gasteiger partial charge on any atom is -0.390 e. The van der Waals surface area contributed by atoms with E-state index in [1.54, 1.807) is 0 Å². The van der Waals surface area contributed by atoms with Crippen LogP contribution in [0.1, 0.15) is 0 Å². The first-order valence-corrected chi connectivity index (χ1v) is 5.57. The van der Waals surface area contributed by atoms with E-state index in [0.29, 0.717) is 0 Å². The molecule has 2 nitrogen and oxygen atoms in total. The van der Waals surface area contributed by atoms with Gasteiger partial charge in [-0.1, -0.05) is 23.2 Å². The second-order valence-electron chi connectivity index (χ2n) is 3.04. The molecule has 0 saturated carbocycles. The van der Waals surface area contributed by atoms with E-state index >= 15 is 0 Å². The smallest absolute Gasteiger partial charge is 0.165 e. The van der Waals surface area contributed by atoms with Gasteiger partial charge in [-0.2, -0.15) is 0 Å². The molecule has 7 heteroatoms. The number of alkyl halides is 1. The van der Waals surface area contributed by atoms with Crippen molar-refractivity contribution in [2.24, 2.45) is 0 Å². The maximum Gasteiger partial charge on any atom is 0.165 e. The molecule has 90 valence electrons. The number of aliphatic hydroxyl groups is 1. The maximum atomic E-state index is 13.2. The van der Waals surface area contributed by atoms with Crippen LogP contribution in [0.3, 0.4) is 0 Å². The highest BCUT2D eigenvalue weighted by atomic mass is 35.5. The van der Waals surface area contributed by atoms with Crippen molar-refractivity contribution in [1.82, 2.24) is 0 Å². The molecule has 0 radical (unpaired) electrons. The van der Waals surface area contributed by atoms with Crippen molar-refractivity contribution in [2.45, 2.75) is 6.10 Å². The fraction of sp³-hybridized carbons (Fsp3) is 0.333. The monoisotopic (exact) mass is 289 g/mol. The molecule has 0 heterocycles. The highest BCUT2D eigenvalue weighted by Gasteiger charge is 2.16. The summed E-state index contributed by atoms with van der Waals surface area (Å²) in [6.07, 6.45) is -0.834. The molecule has 1 rings (SSSR count). The normalized spacial score (nSPS) is 12.6. The van der Waals surface area contributed by atoms with Crippen molar-refractivity contribution in [3.63, 3.8) is 0 Å². The van der Waals surface area contributed by atoms with Crippen LogP contribution in [0, 0.1) is 11.6 Å². The van der Waals surface area contributed by atoms with E-state index in [0.717, 1.165) is 6.07 Å². The Morgan fingerprint density at radius 3 is 2.50 bits per heavy atom. The third kappa shape index (κ3) is 3.10. The lowest BCUT2D eigenvalue weighted by molar-refractivity contribution is 0.211. The molecule has 0 aliphatic rings. The largest absolute Gasteiger partial charge is 0.390 e. The van der Waals surface area contributed by atoms with Crippen molar-refractivity contribution < 1.29 is 13.9 Å². The first kappa shape index (κ1) is 13.8. The van der Waals surface area contributed by atoms with Crippen molar-refractivity contribution >= 4 is 40.5 Å². The SMILES string of the molecule is OC(CCl)CNc1cc(F)c(Cl)c(F)c1Cl. The highest BCUT2D eigenvalue weighted by molar-refractivity contribution is 6.36. The molecule has 1 aromatic carbocycles. The quantitative estimate of drug-likeness (QED) is 0.507. The molecule has 0 saturated heterocycles. The summed E-state index contributed by atoms with van der Waals surface area (Å²) in [5, 5.41) is 10.7. The van der Waals surface area contributed by atoms with Crippen LogP contribution in [-0.2, 0) is 0 Å². The standard InChI is InChI=1S/C9H8Cl3F2NO/c10-2-4(16)3-15-6-1-5(13)7(11)9(14)8(6)12/h1,4,15-16H,2-3H2. The molecule has 1 atom stereocenters. The van der Waals surface area contributed by atoms with Crippen molar-refractivity contribution in [1.29, 1.82) is 0 Å². The number of benzene rings is 1. The van der Waals surface area contributed by atoms with Gasteiger partial charge in [0.25, 0.3) is 0 Å². The Kier molecular flexibility index (Phi) is 5.05. The number of hydrogen-bond acceptors (Lipinski definition) is 2. The van der Waals surface area contributed by atoms with Gasteiger partial charge in [-0.3, -0.25) is 0 Å². The highest BCUT2D eigenvalue weighted by Crippen LogP contribution is 2.32. The maximum absolute atomic E-state index is 13.2. The van der Waals surface area contributed by atoms with Crippen LogP contribution in [-0.4, -0.2) is 23.6 Å². The van der Waals surface area contributed by atoms with Crippen LogP contribution < -0.4 is 5.32 Å². The molecule has 0 fully saturated rings. The fourth-order valence-corrected chi connectivity index (χ4v) is 1.51. The summed E-state index contributed by atoms with van der Waals surface area (Å²) in [5.74, 6) is -1.96. The molecule has 1 unspecified atom stereocenters. The van der Waals surface area contributed by atoms with Gasteiger partial charge in [0.1, 0.15) is 15.9 Å².